The average Bonchev–Trinajstić information content (AvgIpc) is 3.37. The number of alkyl halides is 7. The highest BCUT2D eigenvalue weighted by atomic mass is 35.5. The van der Waals surface area contributed by atoms with Crippen LogP contribution in [0.3, 0.4) is 0 Å². The molecule has 442 valence electrons. The van der Waals surface area contributed by atoms with Gasteiger partial charge in [0, 0.05) is 12.8 Å². The largest absolute Gasteiger partial charge is 0.494 e. The topological polar surface area (TPSA) is 377 Å². The van der Waals surface area contributed by atoms with Gasteiger partial charge in [-0.2, -0.15) is 40.7 Å². The van der Waals surface area contributed by atoms with Crippen LogP contribution in [0.1, 0.15) is 50.0 Å². The molecule has 0 fully saturated rings. The lowest BCUT2D eigenvalue weighted by atomic mass is 10.2. The summed E-state index contributed by atoms with van der Waals surface area (Å²) in [4.78, 5) is 81.3. The van der Waals surface area contributed by atoms with E-state index in [1.54, 1.807) is 5.32 Å². The molecular formula is C44H39Cl4F7N5O19PS. The molecule has 24 nitrogen and oxygen atoms in total. The average molecular weight is 1280 g/mol. The molecule has 0 aliphatic heterocycles. The van der Waals surface area contributed by atoms with E-state index in [0.717, 1.165) is 37.3 Å². The Labute approximate surface area is 470 Å². The maximum atomic E-state index is 12.7. The van der Waals surface area contributed by atoms with Gasteiger partial charge in [0.2, 0.25) is 17.7 Å². The maximum Gasteiger partial charge on any atom is 0.416 e. The molecule has 81 heavy (non-hydrogen) atoms. The highest BCUT2D eigenvalue weighted by Crippen LogP contribution is 2.38. The van der Waals surface area contributed by atoms with E-state index < -0.39 is 119 Å². The molecule has 0 spiro atoms. The van der Waals surface area contributed by atoms with Crippen molar-refractivity contribution in [3.63, 3.8) is 0 Å². The number of halogens is 11. The Morgan fingerprint density at radius 1 is 0.753 bits per heavy atom. The van der Waals surface area contributed by atoms with E-state index >= 15 is 0 Å². The molecule has 9 N–H and O–H groups in total. The number of carbonyl (C=O) groups is 6. The number of urea groups is 1. The fourth-order valence-corrected chi connectivity index (χ4v) is 8.01. The number of carboxylic acid groups (broad SMARTS) is 4. The molecule has 0 aliphatic carbocycles. The van der Waals surface area contributed by atoms with Gasteiger partial charge in [0.25, 0.3) is 10.0 Å². The number of hydrogen-bond acceptors (Lipinski definition) is 17. The first-order valence-electron chi connectivity index (χ1n) is 21.1. The molecule has 4 aromatic carbocycles. The van der Waals surface area contributed by atoms with Crippen molar-refractivity contribution in [1.29, 1.82) is 0 Å². The van der Waals surface area contributed by atoms with Gasteiger partial charge in [-0.1, -0.05) is 58.5 Å². The monoisotopic (exact) mass is 1280 g/mol. The van der Waals surface area contributed by atoms with Crippen molar-refractivity contribution >= 4 is 106 Å². The number of aliphatic carboxylic acids is 2. The van der Waals surface area contributed by atoms with Gasteiger partial charge in [-0.15, -0.1) is 0 Å². The van der Waals surface area contributed by atoms with Crippen molar-refractivity contribution in [1.82, 2.24) is 14.7 Å². The van der Waals surface area contributed by atoms with Crippen LogP contribution in [0.5, 0.6) is 29.0 Å². The number of rotatable bonds is 19. The molecule has 0 saturated heterocycles. The minimum Gasteiger partial charge on any atom is -0.494 e. The van der Waals surface area contributed by atoms with Gasteiger partial charge in [-0.05, 0) is 74.0 Å². The number of hydrogen-bond donors (Lipinski definition) is 8. The minimum absolute atomic E-state index is 0.0246. The van der Waals surface area contributed by atoms with Gasteiger partial charge in [-0.25, -0.2) is 37.1 Å². The van der Waals surface area contributed by atoms with Crippen LogP contribution in [0, 0.1) is 0 Å². The van der Waals surface area contributed by atoms with E-state index in [1.165, 1.54) is 54.9 Å². The van der Waals surface area contributed by atoms with Gasteiger partial charge in [-0.3, -0.25) is 14.7 Å². The lowest BCUT2D eigenvalue weighted by molar-refractivity contribution is -0.146. The number of nitrogens with zero attached hydrogens (tertiary/aromatic N) is 2. The number of aromatic carboxylic acids is 2. The fourth-order valence-electron chi connectivity index (χ4n) is 5.26. The van der Waals surface area contributed by atoms with E-state index in [4.69, 9.17) is 91.7 Å². The Kier molecular flexibility index (Phi) is 26.6. The summed E-state index contributed by atoms with van der Waals surface area (Å²) in [7, 11) is -6.48. The summed E-state index contributed by atoms with van der Waals surface area (Å²) in [6.07, 6.45) is -5.96. The summed E-state index contributed by atoms with van der Waals surface area (Å²) >= 11 is 23.1. The van der Waals surface area contributed by atoms with Crippen LogP contribution in [0.25, 0.3) is 0 Å². The van der Waals surface area contributed by atoms with Crippen molar-refractivity contribution in [3.8, 4) is 29.0 Å². The van der Waals surface area contributed by atoms with Gasteiger partial charge in [0.15, 0.2) is 19.2 Å². The number of amides is 2. The number of esters is 1. The maximum absolute atomic E-state index is 12.7. The number of carbonyl (C=O) groups excluding carboxylic acids is 2. The quantitative estimate of drug-likeness (QED) is 0.0216. The van der Waals surface area contributed by atoms with Gasteiger partial charge in [0.1, 0.15) is 28.0 Å². The van der Waals surface area contributed by atoms with Crippen LogP contribution >= 0.6 is 53.8 Å². The zero-order valence-electron chi connectivity index (χ0n) is 40.7. The van der Waals surface area contributed by atoms with E-state index in [1.807, 2.05) is 0 Å². The molecule has 5 rings (SSSR count). The van der Waals surface area contributed by atoms with Crippen LogP contribution in [-0.2, 0) is 35.1 Å². The summed E-state index contributed by atoms with van der Waals surface area (Å²) in [5, 5.41) is 36.6. The standard InChI is InChI=1S/C17H11Cl2F3O5.C14H10F4N4O7S.C8H6Cl2O3.C5H12NO4P/c1-8(15(23)24)26-16(25)11-7-10(3-4-12(11)18)27-14-5-2-9(6-13(14)19)17(20,21)22;15-11(16)28-8-5-9(29-12(17)18)20-13(19-8)21-14(25)22-30(26,27)7-4-2-1-3-6(7)10(23)24;1-13-7-5(10)3-2-4(9)6(7)8(11)12;1-11(9,10)3-2-4(6)5(7)8/h2-8H,1H3,(H,23,24);1-5,11-12H,(H,23,24)(H2,19,20,21,22,25);2-3H,1H3,(H,11,12);4H,2-3,6H2,1H3,(H,7,8)(H,9,10)/t8-;;;/m0.../s1. The summed E-state index contributed by atoms with van der Waals surface area (Å²) in [5.74, 6) is -9.06. The smallest absolute Gasteiger partial charge is 0.416 e. The predicted molar refractivity (Wildman–Crippen MR) is 269 cm³/mol. The first-order chi connectivity index (χ1) is 37.4. The van der Waals surface area contributed by atoms with E-state index in [0.29, 0.717) is 12.1 Å². The molecule has 0 saturated carbocycles. The summed E-state index contributed by atoms with van der Waals surface area (Å²) in [5.41, 5.74) is 3.22. The highest BCUT2D eigenvalue weighted by molar-refractivity contribution is 7.90. The third-order valence-corrected chi connectivity index (χ3v) is 12.6. The number of methoxy groups -OCH3 is 1. The van der Waals surface area contributed by atoms with Crippen LogP contribution in [-0.4, -0.2) is 125 Å². The molecule has 37 heteroatoms. The molecule has 1 aromatic heterocycles. The molecule has 1 heterocycles. The molecule has 0 bridgehead atoms. The normalized spacial score (nSPS) is 12.4. The van der Waals surface area contributed by atoms with Crippen molar-refractivity contribution in [2.45, 2.75) is 49.8 Å². The number of nitrogens with one attached hydrogen (secondary N) is 2. The molecule has 3 atom stereocenters. The second kappa shape index (κ2) is 30.9. The fraction of sp³-hybridized carbons (Fsp3) is 0.227. The third kappa shape index (κ3) is 23.7. The Hall–Kier alpha value is -7.45. The number of anilines is 1. The van der Waals surface area contributed by atoms with Crippen molar-refractivity contribution in [2.24, 2.45) is 5.73 Å². The van der Waals surface area contributed by atoms with E-state index in [-0.39, 0.29) is 61.0 Å². The summed E-state index contributed by atoms with van der Waals surface area (Å²) in [6, 6.07) is 11.4. The molecule has 2 unspecified atom stereocenters. The number of ether oxygens (including phenoxy) is 5. The Bertz CT molecular complexity index is 3230. The zero-order chi connectivity index (χ0) is 61.9. The van der Waals surface area contributed by atoms with E-state index in [9.17, 15) is 72.5 Å². The third-order valence-electron chi connectivity index (χ3n) is 8.88. The Morgan fingerprint density at radius 2 is 1.31 bits per heavy atom. The number of nitrogens with two attached hydrogens (primary N) is 1. The Morgan fingerprint density at radius 3 is 1.78 bits per heavy atom. The van der Waals surface area contributed by atoms with Crippen molar-refractivity contribution < 1.29 is 121 Å². The highest BCUT2D eigenvalue weighted by Gasteiger charge is 2.31. The number of sulfonamides is 1. The van der Waals surface area contributed by atoms with E-state index in [2.05, 4.69) is 19.4 Å². The van der Waals surface area contributed by atoms with Crippen molar-refractivity contribution in [2.75, 3.05) is 25.3 Å². The van der Waals surface area contributed by atoms with Gasteiger partial charge >= 0.3 is 55.3 Å². The van der Waals surface area contributed by atoms with Gasteiger partial charge in [0.05, 0.1) is 50.0 Å². The molecule has 0 radical (unpaired) electrons. The second-order valence-electron chi connectivity index (χ2n) is 15.0. The van der Waals surface area contributed by atoms with Gasteiger partial charge < -0.3 is 54.7 Å². The molecular weight excluding hydrogens is 1240 g/mol. The van der Waals surface area contributed by atoms with Crippen LogP contribution in [0.15, 0.2) is 83.8 Å². The first kappa shape index (κ1) is 69.7. The van der Waals surface area contributed by atoms with Crippen LogP contribution in [0.2, 0.25) is 20.1 Å². The van der Waals surface area contributed by atoms with Crippen LogP contribution in [0.4, 0.5) is 41.5 Å². The lowest BCUT2D eigenvalue weighted by Gasteiger charge is -2.13. The number of benzene rings is 4. The van der Waals surface area contributed by atoms with Crippen LogP contribution < -0.4 is 34.7 Å². The molecule has 0 aliphatic rings. The van der Waals surface area contributed by atoms with Crippen molar-refractivity contribution in [3.05, 3.63) is 121 Å². The Balaban J connectivity index is 0.000000399. The predicted octanol–water partition coefficient (Wildman–Crippen LogP) is 9.71. The number of aromatic nitrogens is 2. The SMILES string of the molecule is COc1c(Cl)ccc(Cl)c1C(=O)O.CP(=O)(O)CCC(N)C(=O)O.C[C@H](OC(=O)c1cc(Oc2ccc(C(F)(F)F)cc2Cl)ccc1Cl)C(=O)O.O=C(Nc1nc(OC(F)F)cc(OC(F)F)n1)NS(=O)(=O)c1ccccc1C(=O)O. The summed E-state index contributed by atoms with van der Waals surface area (Å²) < 4.78 is 147. The number of carboxylic acids is 4. The minimum atomic E-state index is -4.71. The lowest BCUT2D eigenvalue weighted by Crippen LogP contribution is -2.35. The summed E-state index contributed by atoms with van der Waals surface area (Å²) in [6.45, 7) is -4.47. The molecule has 2 amide bonds. The zero-order valence-corrected chi connectivity index (χ0v) is 45.4. The first-order valence-corrected chi connectivity index (χ1v) is 26.4. The second-order valence-corrected chi connectivity index (χ2v) is 20.8. The molecule has 5 aromatic rings.